The number of rotatable bonds is 3. The number of hydrogen-bond acceptors (Lipinski definition) is 4. The Morgan fingerprint density at radius 3 is 2.53 bits per heavy atom. The van der Waals surface area contributed by atoms with Crippen molar-refractivity contribution in [2.24, 2.45) is 0 Å². The number of nitrogens with zero attached hydrogens (tertiary/aromatic N) is 2. The second-order valence-electron chi connectivity index (χ2n) is 4.57. The molecule has 3 nitrogen and oxygen atoms in total. The summed E-state index contributed by atoms with van der Waals surface area (Å²) >= 11 is 1.84. The Morgan fingerprint density at radius 2 is 1.82 bits per heavy atom. The lowest BCUT2D eigenvalue weighted by Crippen LogP contribution is -2.36. The smallest absolute Gasteiger partial charge is 0.187 e. The van der Waals surface area contributed by atoms with Gasteiger partial charge in [-0.1, -0.05) is 37.4 Å². The fraction of sp³-hybridized carbons (Fsp3) is 0.692. The Morgan fingerprint density at radius 1 is 1.12 bits per heavy atom. The molecule has 1 N–H and O–H groups in total. The fourth-order valence-corrected chi connectivity index (χ4v) is 3.64. The highest BCUT2D eigenvalue weighted by Crippen LogP contribution is 2.30. The molecule has 0 bridgehead atoms. The number of aromatic nitrogens is 2. The molecular weight excluding hydrogens is 230 g/mol. The lowest BCUT2D eigenvalue weighted by Gasteiger charge is -2.27. The van der Waals surface area contributed by atoms with E-state index in [9.17, 15) is 0 Å². The summed E-state index contributed by atoms with van der Waals surface area (Å²) in [6.07, 6.45) is 11.6. The van der Waals surface area contributed by atoms with Crippen LogP contribution < -0.4 is 5.32 Å². The molecule has 94 valence electrons. The molecule has 1 aliphatic rings. The van der Waals surface area contributed by atoms with Crippen LogP contribution in [0.1, 0.15) is 38.5 Å². The molecule has 2 unspecified atom stereocenters. The zero-order chi connectivity index (χ0) is 11.9. The van der Waals surface area contributed by atoms with E-state index < -0.39 is 0 Å². The second-order valence-corrected chi connectivity index (χ2v) is 5.78. The van der Waals surface area contributed by atoms with E-state index in [4.69, 9.17) is 0 Å². The highest BCUT2D eigenvalue weighted by atomic mass is 32.2. The minimum Gasteiger partial charge on any atom is -0.316 e. The van der Waals surface area contributed by atoms with Crippen molar-refractivity contribution in [3.05, 3.63) is 18.5 Å². The average molecular weight is 251 g/mol. The van der Waals surface area contributed by atoms with E-state index in [1.54, 1.807) is 0 Å². The Kier molecular flexibility index (Phi) is 5.26. The van der Waals surface area contributed by atoms with E-state index in [0.29, 0.717) is 11.3 Å². The van der Waals surface area contributed by atoms with Crippen molar-refractivity contribution in [1.29, 1.82) is 0 Å². The van der Waals surface area contributed by atoms with Gasteiger partial charge >= 0.3 is 0 Å². The summed E-state index contributed by atoms with van der Waals surface area (Å²) in [6.45, 7) is 0. The topological polar surface area (TPSA) is 37.8 Å². The van der Waals surface area contributed by atoms with Crippen molar-refractivity contribution < 1.29 is 0 Å². The van der Waals surface area contributed by atoms with Crippen molar-refractivity contribution in [2.75, 3.05) is 7.05 Å². The van der Waals surface area contributed by atoms with Gasteiger partial charge in [0.15, 0.2) is 5.16 Å². The second kappa shape index (κ2) is 6.97. The molecule has 1 fully saturated rings. The lowest BCUT2D eigenvalue weighted by atomic mass is 9.96. The summed E-state index contributed by atoms with van der Waals surface area (Å²) in [4.78, 5) is 8.64. The lowest BCUT2D eigenvalue weighted by molar-refractivity contribution is 0.420. The highest BCUT2D eigenvalue weighted by Gasteiger charge is 2.23. The standard InChI is InChI=1S/C13H21N3S/c1-14-11-7-4-2-3-5-8-12(11)17-13-15-9-6-10-16-13/h6,9-12,14H,2-5,7-8H2,1H3. The van der Waals surface area contributed by atoms with Gasteiger partial charge in [-0.15, -0.1) is 0 Å². The van der Waals surface area contributed by atoms with Crippen molar-refractivity contribution in [2.45, 2.75) is 55.0 Å². The molecular formula is C13H21N3S. The van der Waals surface area contributed by atoms with Crippen LogP contribution in [0.5, 0.6) is 0 Å². The van der Waals surface area contributed by atoms with E-state index in [2.05, 4.69) is 22.3 Å². The van der Waals surface area contributed by atoms with Crippen LogP contribution >= 0.6 is 11.8 Å². The minimum absolute atomic E-state index is 0.601. The van der Waals surface area contributed by atoms with E-state index in [0.717, 1.165) is 5.16 Å². The van der Waals surface area contributed by atoms with Crippen molar-refractivity contribution in [3.8, 4) is 0 Å². The Hall–Kier alpha value is -0.610. The van der Waals surface area contributed by atoms with Crippen LogP contribution in [0.4, 0.5) is 0 Å². The van der Waals surface area contributed by atoms with Gasteiger partial charge in [0.2, 0.25) is 0 Å². The van der Waals surface area contributed by atoms with Crippen molar-refractivity contribution >= 4 is 11.8 Å². The molecule has 0 saturated heterocycles. The normalized spacial score (nSPS) is 26.2. The van der Waals surface area contributed by atoms with Gasteiger partial charge < -0.3 is 5.32 Å². The molecule has 0 aliphatic heterocycles. The predicted molar refractivity (Wildman–Crippen MR) is 72.2 cm³/mol. The van der Waals surface area contributed by atoms with E-state index >= 15 is 0 Å². The number of hydrogen-bond donors (Lipinski definition) is 1. The molecule has 2 rings (SSSR count). The Labute approximate surface area is 108 Å². The molecule has 1 aliphatic carbocycles. The van der Waals surface area contributed by atoms with Gasteiger partial charge in [-0.2, -0.15) is 0 Å². The maximum Gasteiger partial charge on any atom is 0.187 e. The quantitative estimate of drug-likeness (QED) is 0.838. The van der Waals surface area contributed by atoms with E-state index in [1.165, 1.54) is 38.5 Å². The molecule has 1 aromatic heterocycles. The van der Waals surface area contributed by atoms with Gasteiger partial charge in [0.25, 0.3) is 0 Å². The van der Waals surface area contributed by atoms with Crippen LogP contribution in [0.15, 0.2) is 23.6 Å². The number of thioether (sulfide) groups is 1. The first-order chi connectivity index (χ1) is 8.40. The Balaban J connectivity index is 1.99. The molecule has 0 radical (unpaired) electrons. The third-order valence-electron chi connectivity index (χ3n) is 3.37. The van der Waals surface area contributed by atoms with E-state index in [1.807, 2.05) is 30.2 Å². The van der Waals surface area contributed by atoms with Crippen LogP contribution in [0.3, 0.4) is 0 Å². The molecule has 1 heterocycles. The first-order valence-corrected chi connectivity index (χ1v) is 7.39. The van der Waals surface area contributed by atoms with Gasteiger partial charge in [-0.3, -0.25) is 0 Å². The summed E-state index contributed by atoms with van der Waals surface area (Å²) in [5.41, 5.74) is 0. The zero-order valence-electron chi connectivity index (χ0n) is 10.4. The van der Waals surface area contributed by atoms with Crippen LogP contribution in [0.2, 0.25) is 0 Å². The molecule has 1 aromatic rings. The largest absolute Gasteiger partial charge is 0.316 e. The first kappa shape index (κ1) is 12.8. The van der Waals surface area contributed by atoms with Gasteiger partial charge in [0.05, 0.1) is 0 Å². The zero-order valence-corrected chi connectivity index (χ0v) is 11.2. The third-order valence-corrected chi connectivity index (χ3v) is 4.66. The summed E-state index contributed by atoms with van der Waals surface area (Å²) in [7, 11) is 2.08. The molecule has 2 atom stereocenters. The SMILES string of the molecule is CNC1CCCCCCC1Sc1ncccn1. The summed E-state index contributed by atoms with van der Waals surface area (Å²) < 4.78 is 0. The summed E-state index contributed by atoms with van der Waals surface area (Å²) in [5.74, 6) is 0. The minimum atomic E-state index is 0.601. The predicted octanol–water partition coefficient (Wildman–Crippen LogP) is 2.88. The van der Waals surface area contributed by atoms with Crippen LogP contribution in [-0.4, -0.2) is 28.3 Å². The summed E-state index contributed by atoms with van der Waals surface area (Å²) in [6, 6.07) is 2.47. The van der Waals surface area contributed by atoms with Gasteiger partial charge in [-0.05, 0) is 26.0 Å². The summed E-state index contributed by atoms with van der Waals surface area (Å²) in [5, 5.41) is 4.99. The van der Waals surface area contributed by atoms with Crippen LogP contribution in [0.25, 0.3) is 0 Å². The van der Waals surface area contributed by atoms with E-state index in [-0.39, 0.29) is 0 Å². The molecule has 4 heteroatoms. The fourth-order valence-electron chi connectivity index (χ4n) is 2.40. The van der Waals surface area contributed by atoms with Crippen molar-refractivity contribution in [3.63, 3.8) is 0 Å². The van der Waals surface area contributed by atoms with Gasteiger partial charge in [-0.25, -0.2) is 9.97 Å². The maximum atomic E-state index is 4.32. The maximum absolute atomic E-state index is 4.32. The molecule has 0 amide bonds. The average Bonchev–Trinajstić information content (AvgIpc) is 2.34. The molecule has 1 saturated carbocycles. The van der Waals surface area contributed by atoms with Crippen molar-refractivity contribution in [1.82, 2.24) is 15.3 Å². The third kappa shape index (κ3) is 3.96. The van der Waals surface area contributed by atoms with Gasteiger partial charge in [0, 0.05) is 23.7 Å². The Bertz CT molecular complexity index is 318. The molecule has 17 heavy (non-hydrogen) atoms. The molecule has 0 aromatic carbocycles. The highest BCUT2D eigenvalue weighted by molar-refractivity contribution is 7.99. The first-order valence-electron chi connectivity index (χ1n) is 6.51. The van der Waals surface area contributed by atoms with Crippen LogP contribution in [-0.2, 0) is 0 Å². The molecule has 0 spiro atoms. The van der Waals surface area contributed by atoms with Crippen LogP contribution in [0, 0.1) is 0 Å². The monoisotopic (exact) mass is 251 g/mol. The van der Waals surface area contributed by atoms with Gasteiger partial charge in [0.1, 0.15) is 0 Å². The number of nitrogens with one attached hydrogen (secondary N) is 1.